The molecule has 1 fully saturated rings. The monoisotopic (exact) mass is 283 g/mol. The average molecular weight is 283 g/mol. The zero-order valence-electron chi connectivity index (χ0n) is 11.7. The third-order valence-electron chi connectivity index (χ3n) is 3.45. The predicted octanol–water partition coefficient (Wildman–Crippen LogP) is 1.72. The van der Waals surface area contributed by atoms with E-state index < -0.39 is 0 Å². The van der Waals surface area contributed by atoms with E-state index >= 15 is 0 Å². The maximum absolute atomic E-state index is 12.5. The van der Waals surface area contributed by atoms with Crippen LogP contribution in [0.4, 0.5) is 0 Å². The van der Waals surface area contributed by atoms with Crippen molar-refractivity contribution in [2.45, 2.75) is 38.8 Å². The second kappa shape index (κ2) is 5.98. The van der Waals surface area contributed by atoms with Crippen molar-refractivity contribution < 1.29 is 9.53 Å². The van der Waals surface area contributed by atoms with E-state index in [-0.39, 0.29) is 18.1 Å². The van der Waals surface area contributed by atoms with Crippen LogP contribution in [0, 0.1) is 6.92 Å². The van der Waals surface area contributed by atoms with Crippen molar-refractivity contribution in [1.29, 1.82) is 0 Å². The number of hydrogen-bond acceptors (Lipinski definition) is 5. The number of likely N-dealkylation sites (tertiary alicyclic amines) is 1. The highest BCUT2D eigenvalue weighted by Crippen LogP contribution is 2.27. The van der Waals surface area contributed by atoms with E-state index in [4.69, 9.17) is 10.5 Å². The van der Waals surface area contributed by atoms with Crippen LogP contribution >= 0.6 is 11.3 Å². The first-order chi connectivity index (χ1) is 9.02. The SMILES string of the molecule is CO[C@@H](C)c1nc(C)c(C(=O)N2CCC[C@@H](N)C2)s1. The summed E-state index contributed by atoms with van der Waals surface area (Å²) in [5, 5.41) is 0.852. The number of carbonyl (C=O) groups is 1. The number of piperidine rings is 1. The third-order valence-corrected chi connectivity index (χ3v) is 4.76. The van der Waals surface area contributed by atoms with Gasteiger partial charge in [-0.15, -0.1) is 11.3 Å². The molecule has 0 radical (unpaired) electrons. The molecule has 1 saturated heterocycles. The molecular formula is C13H21N3O2S. The lowest BCUT2D eigenvalue weighted by Crippen LogP contribution is -2.45. The molecule has 1 amide bonds. The molecule has 5 nitrogen and oxygen atoms in total. The van der Waals surface area contributed by atoms with Gasteiger partial charge in [0.2, 0.25) is 0 Å². The lowest BCUT2D eigenvalue weighted by Gasteiger charge is -2.30. The van der Waals surface area contributed by atoms with Gasteiger partial charge in [0.15, 0.2) is 0 Å². The fourth-order valence-electron chi connectivity index (χ4n) is 2.23. The minimum atomic E-state index is -0.0751. The summed E-state index contributed by atoms with van der Waals surface area (Å²) in [4.78, 5) is 19.5. The summed E-state index contributed by atoms with van der Waals surface area (Å²) in [6.07, 6.45) is 1.90. The van der Waals surface area contributed by atoms with E-state index in [0.29, 0.717) is 11.4 Å². The van der Waals surface area contributed by atoms with Gasteiger partial charge in [-0.1, -0.05) is 0 Å². The Hall–Kier alpha value is -0.980. The van der Waals surface area contributed by atoms with E-state index in [0.717, 1.165) is 30.1 Å². The van der Waals surface area contributed by atoms with Gasteiger partial charge in [0.05, 0.1) is 5.69 Å². The highest BCUT2D eigenvalue weighted by molar-refractivity contribution is 7.13. The molecule has 6 heteroatoms. The summed E-state index contributed by atoms with van der Waals surface area (Å²) >= 11 is 1.43. The molecule has 1 aromatic heterocycles. The normalized spacial score (nSPS) is 21.5. The Morgan fingerprint density at radius 1 is 1.63 bits per heavy atom. The van der Waals surface area contributed by atoms with Crippen LogP contribution in [0.25, 0.3) is 0 Å². The molecule has 2 atom stereocenters. The van der Waals surface area contributed by atoms with Crippen LogP contribution in [0.2, 0.25) is 0 Å². The van der Waals surface area contributed by atoms with E-state index in [2.05, 4.69) is 4.98 Å². The fourth-order valence-corrected chi connectivity index (χ4v) is 3.29. The van der Waals surface area contributed by atoms with Crippen LogP contribution in [0.5, 0.6) is 0 Å². The predicted molar refractivity (Wildman–Crippen MR) is 75.4 cm³/mol. The van der Waals surface area contributed by atoms with Crippen molar-refractivity contribution in [3.05, 3.63) is 15.6 Å². The average Bonchev–Trinajstić information content (AvgIpc) is 2.79. The molecule has 1 aliphatic heterocycles. The van der Waals surface area contributed by atoms with Crippen LogP contribution in [0.3, 0.4) is 0 Å². The number of hydrogen-bond donors (Lipinski definition) is 1. The standard InChI is InChI=1S/C13H21N3O2S/c1-8-11(19-12(15-8)9(2)18-3)13(17)16-6-4-5-10(14)7-16/h9-10H,4-7,14H2,1-3H3/t9-,10+/m0/s1. The highest BCUT2D eigenvalue weighted by Gasteiger charge is 2.26. The summed E-state index contributed by atoms with van der Waals surface area (Å²) in [6.45, 7) is 5.24. The van der Waals surface area contributed by atoms with Gasteiger partial charge >= 0.3 is 0 Å². The zero-order chi connectivity index (χ0) is 14.0. The number of ether oxygens (including phenoxy) is 1. The van der Waals surface area contributed by atoms with Gasteiger partial charge in [-0.2, -0.15) is 0 Å². The number of rotatable bonds is 3. The van der Waals surface area contributed by atoms with Gasteiger partial charge in [-0.3, -0.25) is 4.79 Å². The molecule has 0 bridgehead atoms. The molecule has 0 spiro atoms. The Morgan fingerprint density at radius 2 is 2.37 bits per heavy atom. The smallest absolute Gasteiger partial charge is 0.265 e. The minimum Gasteiger partial charge on any atom is -0.375 e. The first-order valence-corrected chi connectivity index (χ1v) is 7.39. The Kier molecular flexibility index (Phi) is 4.54. The summed E-state index contributed by atoms with van der Waals surface area (Å²) in [7, 11) is 1.65. The molecule has 1 aromatic rings. The molecule has 0 aliphatic carbocycles. The molecule has 1 aliphatic rings. The number of nitrogens with zero attached hydrogens (tertiary/aromatic N) is 2. The van der Waals surface area contributed by atoms with Crippen molar-refractivity contribution >= 4 is 17.2 Å². The quantitative estimate of drug-likeness (QED) is 0.917. The summed E-state index contributed by atoms with van der Waals surface area (Å²) < 4.78 is 5.25. The van der Waals surface area contributed by atoms with Crippen molar-refractivity contribution in [3.8, 4) is 0 Å². The van der Waals surface area contributed by atoms with Gasteiger partial charge in [0, 0.05) is 26.2 Å². The van der Waals surface area contributed by atoms with Crippen LogP contribution in [0.1, 0.15) is 46.2 Å². The minimum absolute atomic E-state index is 0.0553. The molecular weight excluding hydrogens is 262 g/mol. The second-order valence-electron chi connectivity index (χ2n) is 5.00. The maximum Gasteiger partial charge on any atom is 0.265 e. The van der Waals surface area contributed by atoms with E-state index in [9.17, 15) is 4.79 Å². The lowest BCUT2D eigenvalue weighted by molar-refractivity contribution is 0.0713. The van der Waals surface area contributed by atoms with Crippen molar-refractivity contribution in [1.82, 2.24) is 9.88 Å². The van der Waals surface area contributed by atoms with Crippen molar-refractivity contribution in [3.63, 3.8) is 0 Å². The Bertz CT molecular complexity index is 461. The molecule has 19 heavy (non-hydrogen) atoms. The number of nitrogens with two attached hydrogens (primary N) is 1. The molecule has 0 unspecified atom stereocenters. The summed E-state index contributed by atoms with van der Waals surface area (Å²) in [6, 6.07) is 0.100. The number of carbonyl (C=O) groups excluding carboxylic acids is 1. The molecule has 2 rings (SSSR count). The Balaban J connectivity index is 2.16. The largest absolute Gasteiger partial charge is 0.375 e. The molecule has 106 valence electrons. The van der Waals surface area contributed by atoms with Gasteiger partial charge in [-0.05, 0) is 26.7 Å². The number of aryl methyl sites for hydroxylation is 1. The highest BCUT2D eigenvalue weighted by atomic mass is 32.1. The van der Waals surface area contributed by atoms with Crippen LogP contribution in [-0.2, 0) is 4.74 Å². The van der Waals surface area contributed by atoms with E-state index in [1.165, 1.54) is 11.3 Å². The number of amides is 1. The van der Waals surface area contributed by atoms with Gasteiger partial charge in [0.25, 0.3) is 5.91 Å². The fraction of sp³-hybridized carbons (Fsp3) is 0.692. The van der Waals surface area contributed by atoms with Crippen LogP contribution in [0.15, 0.2) is 0 Å². The number of methoxy groups -OCH3 is 1. The lowest BCUT2D eigenvalue weighted by atomic mass is 10.1. The first-order valence-electron chi connectivity index (χ1n) is 6.58. The summed E-state index contributed by atoms with van der Waals surface area (Å²) in [5.41, 5.74) is 6.71. The molecule has 0 saturated carbocycles. The second-order valence-corrected chi connectivity index (χ2v) is 6.03. The van der Waals surface area contributed by atoms with Gasteiger partial charge in [0.1, 0.15) is 16.0 Å². The third kappa shape index (κ3) is 3.13. The van der Waals surface area contributed by atoms with Crippen molar-refractivity contribution in [2.24, 2.45) is 5.73 Å². The molecule has 0 aromatic carbocycles. The van der Waals surface area contributed by atoms with Crippen molar-refractivity contribution in [2.75, 3.05) is 20.2 Å². The zero-order valence-corrected chi connectivity index (χ0v) is 12.5. The summed E-state index contributed by atoms with van der Waals surface area (Å²) in [5.74, 6) is 0.0553. The Labute approximate surface area is 117 Å². The molecule has 2 heterocycles. The van der Waals surface area contributed by atoms with E-state index in [1.54, 1.807) is 7.11 Å². The van der Waals surface area contributed by atoms with Crippen LogP contribution in [-0.4, -0.2) is 42.0 Å². The Morgan fingerprint density at radius 3 is 3.00 bits per heavy atom. The van der Waals surface area contributed by atoms with Crippen LogP contribution < -0.4 is 5.73 Å². The van der Waals surface area contributed by atoms with Gasteiger partial charge < -0.3 is 15.4 Å². The molecule has 2 N–H and O–H groups in total. The first kappa shape index (κ1) is 14.4. The topological polar surface area (TPSA) is 68.5 Å². The van der Waals surface area contributed by atoms with E-state index in [1.807, 2.05) is 18.7 Å². The number of aromatic nitrogens is 1. The maximum atomic E-state index is 12.5. The van der Waals surface area contributed by atoms with Gasteiger partial charge in [-0.25, -0.2) is 4.98 Å². The number of thiazole rings is 1.